The minimum absolute atomic E-state index is 0. The average molecular weight is 877 g/mol. The van der Waals surface area contributed by atoms with Crippen LogP contribution in [0.4, 0.5) is 26.3 Å². The first kappa shape index (κ1) is 47.1. The summed E-state index contributed by atoms with van der Waals surface area (Å²) in [6.45, 7) is 8.13. The normalized spacial score (nSPS) is 14.8. The van der Waals surface area contributed by atoms with E-state index in [4.69, 9.17) is 0 Å². The number of hydrogen-bond donors (Lipinski definition) is 1. The fourth-order valence-electron chi connectivity index (χ4n) is 6.45. The van der Waals surface area contributed by atoms with E-state index in [9.17, 15) is 54.9 Å². The lowest BCUT2D eigenvalue weighted by molar-refractivity contribution is -0.138. The molecule has 20 heteroatoms. The number of alkyl halides is 6. The number of nitriles is 2. The molecule has 2 aliphatic rings. The molecule has 6 rings (SSSR count). The van der Waals surface area contributed by atoms with Gasteiger partial charge < -0.3 is 15.1 Å². The Bertz CT molecular complexity index is 2400. The minimum atomic E-state index is -4.48. The highest BCUT2D eigenvalue weighted by Gasteiger charge is 2.32. The van der Waals surface area contributed by atoms with E-state index in [1.54, 1.807) is 25.7 Å². The number of rotatable bonds is 6. The van der Waals surface area contributed by atoms with Gasteiger partial charge in [-0.05, 0) is 57.2 Å². The van der Waals surface area contributed by atoms with E-state index < -0.39 is 33.5 Å². The molecule has 4 aromatic rings. The van der Waals surface area contributed by atoms with Crippen LogP contribution in [0.25, 0.3) is 22.5 Å². The van der Waals surface area contributed by atoms with Gasteiger partial charge in [-0.3, -0.25) is 19.6 Å². The molecule has 0 radical (unpaired) electrons. The molecule has 2 aliphatic heterocycles. The number of aryl methyl sites for hydroxylation is 2. The van der Waals surface area contributed by atoms with E-state index in [1.165, 1.54) is 45.6 Å². The van der Waals surface area contributed by atoms with Crippen molar-refractivity contribution >= 4 is 34.2 Å². The van der Waals surface area contributed by atoms with E-state index in [0.29, 0.717) is 54.3 Å². The molecule has 2 aromatic heterocycles. The molecule has 0 aliphatic carbocycles. The molecule has 0 bridgehead atoms. The van der Waals surface area contributed by atoms with Gasteiger partial charge in [0.1, 0.15) is 12.1 Å². The maximum Gasteiger partial charge on any atom is 0.416 e. The van der Waals surface area contributed by atoms with Gasteiger partial charge in [0, 0.05) is 63.5 Å². The lowest BCUT2D eigenvalue weighted by Gasteiger charge is -2.34. The van der Waals surface area contributed by atoms with Crippen molar-refractivity contribution in [2.24, 2.45) is 0 Å². The zero-order valence-electron chi connectivity index (χ0n) is 32.5. The van der Waals surface area contributed by atoms with Crippen LogP contribution in [0.15, 0.2) is 60.7 Å². The summed E-state index contributed by atoms with van der Waals surface area (Å²) in [4.78, 5) is 37.6. The fourth-order valence-corrected chi connectivity index (χ4v) is 7.53. The molecular formula is C40H39ClF6N8O4S. The second-order valence-electron chi connectivity index (χ2n) is 13.5. The maximum atomic E-state index is 13.0. The Morgan fingerprint density at radius 1 is 0.683 bits per heavy atom. The van der Waals surface area contributed by atoms with Gasteiger partial charge in [-0.2, -0.15) is 41.2 Å². The highest BCUT2D eigenvalue weighted by molar-refractivity contribution is 7.89. The van der Waals surface area contributed by atoms with Crippen molar-refractivity contribution in [1.29, 1.82) is 10.5 Å². The van der Waals surface area contributed by atoms with Crippen LogP contribution in [0.3, 0.4) is 0 Å². The molecule has 0 unspecified atom stereocenters. The number of hydrogen-bond acceptors (Lipinski definition) is 9. The number of benzene rings is 2. The van der Waals surface area contributed by atoms with Crippen LogP contribution in [-0.2, 0) is 22.4 Å². The lowest BCUT2D eigenvalue weighted by Crippen LogP contribution is -2.51. The molecule has 318 valence electrons. The van der Waals surface area contributed by atoms with Crippen LogP contribution in [-0.4, -0.2) is 102 Å². The third-order valence-electron chi connectivity index (χ3n) is 9.79. The van der Waals surface area contributed by atoms with E-state index >= 15 is 0 Å². The molecule has 0 atom stereocenters. The number of sulfonamides is 1. The second-order valence-corrected chi connectivity index (χ2v) is 15.8. The number of pyridine rings is 2. The smallest absolute Gasteiger partial charge is 0.336 e. The van der Waals surface area contributed by atoms with Crippen molar-refractivity contribution < 1.29 is 44.3 Å². The number of halogens is 7. The molecule has 0 saturated carbocycles. The van der Waals surface area contributed by atoms with Crippen molar-refractivity contribution in [3.05, 3.63) is 105 Å². The number of amides is 2. The summed E-state index contributed by atoms with van der Waals surface area (Å²) in [6.07, 6.45) is -8.91. The number of nitrogens with one attached hydrogen (secondary N) is 1. The Morgan fingerprint density at radius 3 is 1.38 bits per heavy atom. The standard InChI is InChI=1S/C21H21F3N4O3S.C19H17F3N4O.ClH/c1-3-32(30,31)28-10-8-27(9-11-28)20(29)18-12-16(13-25)19(26-14(18)2)15-4-6-17(7-5-15)21(22,23)24;1-12-16(18(27)26-8-6-24-7-9-26)10-14(11-23)17(25-12)13-2-4-15(5-3-13)19(20,21)22;/h4-7,12H,3,8-11H2,1-2H3;2-5,10,24H,6-9H2,1H3;1H. The largest absolute Gasteiger partial charge is 0.416 e. The molecule has 2 saturated heterocycles. The van der Waals surface area contributed by atoms with Crippen molar-refractivity contribution in [2.75, 3.05) is 58.1 Å². The number of carbonyl (C=O) groups excluding carboxylic acids is 2. The molecule has 60 heavy (non-hydrogen) atoms. The summed E-state index contributed by atoms with van der Waals surface area (Å²) >= 11 is 0. The molecule has 1 N–H and O–H groups in total. The zero-order valence-corrected chi connectivity index (χ0v) is 34.1. The van der Waals surface area contributed by atoms with Crippen molar-refractivity contribution in [3.63, 3.8) is 0 Å². The Kier molecular flexibility index (Phi) is 15.1. The molecular weight excluding hydrogens is 838 g/mol. The average Bonchev–Trinajstić information content (AvgIpc) is 3.23. The summed E-state index contributed by atoms with van der Waals surface area (Å²) in [5, 5.41) is 22.2. The Labute approximate surface area is 348 Å². The summed E-state index contributed by atoms with van der Waals surface area (Å²) in [6, 6.07) is 15.6. The maximum absolute atomic E-state index is 13.0. The second kappa shape index (κ2) is 19.2. The monoisotopic (exact) mass is 876 g/mol. The topological polar surface area (TPSA) is 163 Å². The van der Waals surface area contributed by atoms with E-state index in [0.717, 1.165) is 24.3 Å². The highest BCUT2D eigenvalue weighted by Crippen LogP contribution is 2.33. The van der Waals surface area contributed by atoms with Gasteiger partial charge >= 0.3 is 12.4 Å². The first-order chi connectivity index (χ1) is 27.8. The van der Waals surface area contributed by atoms with Gasteiger partial charge in [0.05, 0.1) is 61.9 Å². The minimum Gasteiger partial charge on any atom is -0.336 e. The number of aromatic nitrogens is 2. The van der Waals surface area contributed by atoms with Crippen molar-refractivity contribution in [3.8, 4) is 34.7 Å². The van der Waals surface area contributed by atoms with Gasteiger partial charge in [0.25, 0.3) is 11.8 Å². The summed E-state index contributed by atoms with van der Waals surface area (Å²) < 4.78 is 102. The van der Waals surface area contributed by atoms with Crippen molar-refractivity contribution in [1.82, 2.24) is 29.4 Å². The van der Waals surface area contributed by atoms with Gasteiger partial charge in [-0.1, -0.05) is 24.3 Å². The number of carbonyl (C=O) groups is 2. The fraction of sp³-hybridized carbons (Fsp3) is 0.350. The zero-order chi connectivity index (χ0) is 43.3. The lowest BCUT2D eigenvalue weighted by atomic mass is 10.0. The molecule has 12 nitrogen and oxygen atoms in total. The number of piperazine rings is 2. The molecule has 4 heterocycles. The molecule has 0 spiro atoms. The van der Waals surface area contributed by atoms with Crippen LogP contribution < -0.4 is 5.32 Å². The SMILES string of the molecule is CCS(=O)(=O)N1CCN(C(=O)c2cc(C#N)c(-c3ccc(C(F)(F)F)cc3)nc2C)CC1.Cc1nc(-c2ccc(C(F)(F)F)cc2)c(C#N)cc1C(=O)N1CCNCC1.Cl. The van der Waals surface area contributed by atoms with E-state index in [-0.39, 0.29) is 84.2 Å². The van der Waals surface area contributed by atoms with Crippen LogP contribution >= 0.6 is 12.4 Å². The molecule has 2 amide bonds. The van der Waals surface area contributed by atoms with Gasteiger partial charge in [0.2, 0.25) is 10.0 Å². The van der Waals surface area contributed by atoms with Crippen LogP contribution in [0, 0.1) is 36.5 Å². The van der Waals surface area contributed by atoms with E-state index in [1.807, 2.05) is 12.1 Å². The first-order valence-electron chi connectivity index (χ1n) is 18.2. The molecule has 2 fully saturated rings. The van der Waals surface area contributed by atoms with E-state index in [2.05, 4.69) is 15.3 Å². The van der Waals surface area contributed by atoms with Gasteiger partial charge in [0.15, 0.2) is 0 Å². The highest BCUT2D eigenvalue weighted by atomic mass is 35.5. The Morgan fingerprint density at radius 2 is 1.05 bits per heavy atom. The third kappa shape index (κ3) is 10.8. The Hall–Kier alpha value is -5.60. The first-order valence-corrected chi connectivity index (χ1v) is 19.9. The Balaban J connectivity index is 0.000000264. The van der Waals surface area contributed by atoms with Gasteiger partial charge in [-0.15, -0.1) is 12.4 Å². The summed E-state index contributed by atoms with van der Waals surface area (Å²) in [5.74, 6) is -0.586. The summed E-state index contributed by atoms with van der Waals surface area (Å²) in [5.41, 5.74) is 1.10. The van der Waals surface area contributed by atoms with Gasteiger partial charge in [-0.25, -0.2) is 8.42 Å². The van der Waals surface area contributed by atoms with Crippen LogP contribution in [0.1, 0.15) is 61.3 Å². The van der Waals surface area contributed by atoms with Crippen LogP contribution in [0.5, 0.6) is 0 Å². The summed E-state index contributed by atoms with van der Waals surface area (Å²) in [7, 11) is -3.33. The van der Waals surface area contributed by atoms with Crippen molar-refractivity contribution in [2.45, 2.75) is 33.1 Å². The predicted molar refractivity (Wildman–Crippen MR) is 211 cm³/mol. The van der Waals surface area contributed by atoms with Crippen LogP contribution in [0.2, 0.25) is 0 Å². The number of nitrogens with zero attached hydrogens (tertiary/aromatic N) is 7. The quantitative estimate of drug-likeness (QED) is 0.214. The third-order valence-corrected chi connectivity index (χ3v) is 11.7. The molecule has 2 aromatic carbocycles. The predicted octanol–water partition coefficient (Wildman–Crippen LogP) is 6.47.